The summed E-state index contributed by atoms with van der Waals surface area (Å²) < 4.78 is 40.2. The normalized spacial score (nSPS) is 17.7. The van der Waals surface area contributed by atoms with Crippen LogP contribution in [-0.2, 0) is 12.7 Å². The topological polar surface area (TPSA) is 30.3 Å². The number of nitrogens with zero attached hydrogens (tertiary/aromatic N) is 3. The molecule has 1 saturated heterocycles. The number of benzene rings is 2. The van der Waals surface area contributed by atoms with Crippen LogP contribution in [0.5, 0.6) is 0 Å². The van der Waals surface area contributed by atoms with Gasteiger partial charge in [0.1, 0.15) is 0 Å². The molecule has 0 bridgehead atoms. The molecule has 27 heavy (non-hydrogen) atoms. The van der Waals surface area contributed by atoms with Crippen LogP contribution < -0.4 is 4.90 Å². The van der Waals surface area contributed by atoms with Crippen molar-refractivity contribution < 1.29 is 13.2 Å². The molecule has 142 valence electrons. The standard InChI is InChI=1S/C20H19ClF3N3/c1-26-9-8-17(13-26)27(12-15-4-2-3-5-19(15)21)16-7-6-14(11-25)18(10-16)20(22,23)24/h2-7,10,17H,8-9,12-13H2,1H3. The number of hydrogen-bond donors (Lipinski definition) is 0. The SMILES string of the molecule is CN1CCC(N(Cc2ccccc2Cl)c2ccc(C#N)c(C(F)(F)F)c2)C1. The third-order valence-corrected chi connectivity index (χ3v) is 5.24. The minimum absolute atomic E-state index is 0.0697. The molecule has 1 unspecified atom stereocenters. The van der Waals surface area contributed by atoms with Crippen molar-refractivity contribution in [1.29, 1.82) is 5.26 Å². The fourth-order valence-electron chi connectivity index (χ4n) is 3.45. The largest absolute Gasteiger partial charge is 0.417 e. The summed E-state index contributed by atoms with van der Waals surface area (Å²) in [7, 11) is 1.99. The maximum atomic E-state index is 13.4. The first kappa shape index (κ1) is 19.5. The van der Waals surface area contributed by atoms with E-state index in [4.69, 9.17) is 16.9 Å². The first-order valence-electron chi connectivity index (χ1n) is 8.59. The lowest BCUT2D eigenvalue weighted by atomic mass is 10.0. The molecular weight excluding hydrogens is 375 g/mol. The highest BCUT2D eigenvalue weighted by molar-refractivity contribution is 6.31. The average molecular weight is 394 g/mol. The van der Waals surface area contributed by atoms with E-state index < -0.39 is 11.7 Å². The summed E-state index contributed by atoms with van der Waals surface area (Å²) in [5.74, 6) is 0. The van der Waals surface area contributed by atoms with Crippen LogP contribution in [0.2, 0.25) is 5.02 Å². The Balaban J connectivity index is 2.03. The fraction of sp³-hybridized carbons (Fsp3) is 0.350. The molecule has 2 aromatic carbocycles. The molecule has 1 aliphatic rings. The van der Waals surface area contributed by atoms with Crippen molar-refractivity contribution in [3.63, 3.8) is 0 Å². The van der Waals surface area contributed by atoms with Gasteiger partial charge in [0.15, 0.2) is 0 Å². The van der Waals surface area contributed by atoms with Crippen LogP contribution in [0.3, 0.4) is 0 Å². The molecule has 1 aliphatic heterocycles. The quantitative estimate of drug-likeness (QED) is 0.737. The molecule has 0 spiro atoms. The molecule has 7 heteroatoms. The number of likely N-dealkylation sites (N-methyl/N-ethyl adjacent to an activating group) is 1. The fourth-order valence-corrected chi connectivity index (χ4v) is 3.65. The molecule has 0 aromatic heterocycles. The zero-order chi connectivity index (χ0) is 19.6. The predicted molar refractivity (Wildman–Crippen MR) is 99.7 cm³/mol. The highest BCUT2D eigenvalue weighted by Crippen LogP contribution is 2.36. The van der Waals surface area contributed by atoms with Crippen molar-refractivity contribution in [3.05, 3.63) is 64.2 Å². The molecule has 0 radical (unpaired) electrons. The van der Waals surface area contributed by atoms with Gasteiger partial charge < -0.3 is 9.80 Å². The number of halogens is 4. The summed E-state index contributed by atoms with van der Waals surface area (Å²) >= 11 is 6.28. The number of nitriles is 1. The third kappa shape index (κ3) is 4.37. The predicted octanol–water partition coefficient (Wildman–Crippen LogP) is 4.94. The van der Waals surface area contributed by atoms with E-state index >= 15 is 0 Å². The van der Waals surface area contributed by atoms with E-state index in [1.165, 1.54) is 6.07 Å². The summed E-state index contributed by atoms with van der Waals surface area (Å²) in [4.78, 5) is 4.11. The van der Waals surface area contributed by atoms with Crippen LogP contribution in [0.25, 0.3) is 0 Å². The molecule has 0 N–H and O–H groups in total. The van der Waals surface area contributed by atoms with E-state index in [9.17, 15) is 13.2 Å². The molecule has 3 rings (SSSR count). The number of rotatable bonds is 4. The van der Waals surface area contributed by atoms with E-state index in [0.717, 1.165) is 31.1 Å². The Morgan fingerprint density at radius 1 is 1.26 bits per heavy atom. The van der Waals surface area contributed by atoms with Gasteiger partial charge in [-0.1, -0.05) is 29.8 Å². The Morgan fingerprint density at radius 3 is 2.59 bits per heavy atom. The Morgan fingerprint density at radius 2 is 2.00 bits per heavy atom. The second kappa shape index (κ2) is 7.79. The van der Waals surface area contributed by atoms with Crippen LogP contribution in [0, 0.1) is 11.3 Å². The molecule has 1 heterocycles. The van der Waals surface area contributed by atoms with Gasteiger partial charge in [-0.25, -0.2) is 0 Å². The maximum Gasteiger partial charge on any atom is 0.417 e. The Hall–Kier alpha value is -2.23. The van der Waals surface area contributed by atoms with Crippen LogP contribution >= 0.6 is 11.6 Å². The smallest absolute Gasteiger partial charge is 0.363 e. The Kier molecular flexibility index (Phi) is 5.64. The van der Waals surface area contributed by atoms with E-state index in [-0.39, 0.29) is 11.6 Å². The minimum atomic E-state index is -4.58. The number of likely N-dealkylation sites (tertiary alicyclic amines) is 1. The van der Waals surface area contributed by atoms with Crippen LogP contribution in [0.4, 0.5) is 18.9 Å². The van der Waals surface area contributed by atoms with Crippen molar-refractivity contribution >= 4 is 17.3 Å². The van der Waals surface area contributed by atoms with Crippen LogP contribution in [0.1, 0.15) is 23.1 Å². The van der Waals surface area contributed by atoms with E-state index in [0.29, 0.717) is 17.3 Å². The second-order valence-corrected chi connectivity index (χ2v) is 7.17. The molecule has 0 amide bonds. The highest BCUT2D eigenvalue weighted by atomic mass is 35.5. The molecule has 0 aliphatic carbocycles. The summed E-state index contributed by atoms with van der Waals surface area (Å²) in [6.07, 6.45) is -3.73. The lowest BCUT2D eigenvalue weighted by Gasteiger charge is -2.32. The van der Waals surface area contributed by atoms with Gasteiger partial charge in [0.25, 0.3) is 0 Å². The van der Waals surface area contributed by atoms with Crippen molar-refractivity contribution in [3.8, 4) is 6.07 Å². The molecule has 0 saturated carbocycles. The minimum Gasteiger partial charge on any atom is -0.363 e. The maximum absolute atomic E-state index is 13.4. The molecule has 2 aromatic rings. The zero-order valence-electron chi connectivity index (χ0n) is 14.8. The van der Waals surface area contributed by atoms with E-state index in [1.807, 2.05) is 30.1 Å². The average Bonchev–Trinajstić information content (AvgIpc) is 3.06. The van der Waals surface area contributed by atoms with Gasteiger partial charge in [0.2, 0.25) is 0 Å². The third-order valence-electron chi connectivity index (χ3n) is 4.87. The van der Waals surface area contributed by atoms with Gasteiger partial charge in [-0.05, 0) is 49.8 Å². The molecule has 3 nitrogen and oxygen atoms in total. The van der Waals surface area contributed by atoms with Crippen LogP contribution in [0.15, 0.2) is 42.5 Å². The lowest BCUT2D eigenvalue weighted by Crippen LogP contribution is -2.37. The zero-order valence-corrected chi connectivity index (χ0v) is 15.6. The Bertz CT molecular complexity index is 860. The summed E-state index contributed by atoms with van der Waals surface area (Å²) in [6.45, 7) is 2.04. The van der Waals surface area contributed by atoms with Gasteiger partial charge in [0.05, 0.1) is 17.2 Å². The lowest BCUT2D eigenvalue weighted by molar-refractivity contribution is -0.137. The van der Waals surface area contributed by atoms with E-state index in [1.54, 1.807) is 18.2 Å². The first-order chi connectivity index (χ1) is 12.8. The first-order valence-corrected chi connectivity index (χ1v) is 8.97. The molecular formula is C20H19ClF3N3. The monoisotopic (exact) mass is 393 g/mol. The number of hydrogen-bond acceptors (Lipinski definition) is 3. The van der Waals surface area contributed by atoms with Gasteiger partial charge in [-0.2, -0.15) is 18.4 Å². The van der Waals surface area contributed by atoms with Gasteiger partial charge in [0, 0.05) is 29.8 Å². The Labute approximate surface area is 161 Å². The van der Waals surface area contributed by atoms with Crippen molar-refractivity contribution in [2.75, 3.05) is 25.0 Å². The summed E-state index contributed by atoms with van der Waals surface area (Å²) in [5.41, 5.74) is 0.0266. The van der Waals surface area contributed by atoms with E-state index in [2.05, 4.69) is 4.90 Å². The number of alkyl halides is 3. The van der Waals surface area contributed by atoms with Crippen molar-refractivity contribution in [2.45, 2.75) is 25.2 Å². The molecule has 1 atom stereocenters. The number of anilines is 1. The second-order valence-electron chi connectivity index (χ2n) is 6.76. The van der Waals surface area contributed by atoms with Gasteiger partial charge >= 0.3 is 6.18 Å². The highest BCUT2D eigenvalue weighted by Gasteiger charge is 2.35. The summed E-state index contributed by atoms with van der Waals surface area (Å²) in [5, 5.41) is 9.62. The molecule has 1 fully saturated rings. The van der Waals surface area contributed by atoms with Crippen LogP contribution in [-0.4, -0.2) is 31.1 Å². The van der Waals surface area contributed by atoms with Gasteiger partial charge in [-0.15, -0.1) is 0 Å². The summed E-state index contributed by atoms with van der Waals surface area (Å²) in [6, 6.07) is 12.9. The van der Waals surface area contributed by atoms with Gasteiger partial charge in [-0.3, -0.25) is 0 Å². The van der Waals surface area contributed by atoms with Crippen molar-refractivity contribution in [2.24, 2.45) is 0 Å². The van der Waals surface area contributed by atoms with Crippen molar-refractivity contribution in [1.82, 2.24) is 4.90 Å².